The lowest BCUT2D eigenvalue weighted by Gasteiger charge is -2.09. The van der Waals surface area contributed by atoms with Gasteiger partial charge in [-0.15, -0.1) is 0 Å². The average Bonchev–Trinajstić information content (AvgIpc) is 2.09. The minimum Gasteiger partial charge on any atom is -0.492 e. The molecular weight excluding hydrogens is 259 g/mol. The van der Waals surface area contributed by atoms with E-state index in [2.05, 4.69) is 0 Å². The monoisotopic (exact) mass is 268 g/mol. The number of ether oxygens (including phenoxy) is 1. The van der Waals surface area contributed by atoms with E-state index >= 15 is 0 Å². The summed E-state index contributed by atoms with van der Waals surface area (Å²) in [5.74, 6) is 0.231. The summed E-state index contributed by atoms with van der Waals surface area (Å²) in [6.07, 6.45) is 0. The van der Waals surface area contributed by atoms with E-state index in [9.17, 15) is 8.42 Å². The van der Waals surface area contributed by atoms with Crippen molar-refractivity contribution in [3.05, 3.63) is 22.7 Å². The first-order chi connectivity index (χ1) is 6.86. The van der Waals surface area contributed by atoms with E-state index in [0.29, 0.717) is 11.6 Å². The van der Waals surface area contributed by atoms with Crippen molar-refractivity contribution in [1.29, 1.82) is 0 Å². The summed E-state index contributed by atoms with van der Waals surface area (Å²) in [5.41, 5.74) is 0.740. The Morgan fingerprint density at radius 3 is 2.47 bits per heavy atom. The van der Waals surface area contributed by atoms with Crippen LogP contribution in [0.5, 0.6) is 5.75 Å². The van der Waals surface area contributed by atoms with Crippen molar-refractivity contribution in [2.75, 3.05) is 6.61 Å². The zero-order chi connectivity index (χ0) is 11.6. The molecule has 0 spiro atoms. The van der Waals surface area contributed by atoms with E-state index in [-0.39, 0.29) is 10.6 Å². The molecule has 1 aromatic carbocycles. The van der Waals surface area contributed by atoms with Crippen LogP contribution in [0.4, 0.5) is 0 Å². The third-order valence-corrected chi connectivity index (χ3v) is 3.54. The first-order valence-electron chi connectivity index (χ1n) is 4.24. The van der Waals surface area contributed by atoms with E-state index in [1.807, 2.05) is 0 Å². The van der Waals surface area contributed by atoms with Crippen LogP contribution in [0.1, 0.15) is 12.5 Å². The van der Waals surface area contributed by atoms with Gasteiger partial charge in [-0.1, -0.05) is 11.6 Å². The lowest BCUT2D eigenvalue weighted by atomic mass is 10.2. The molecule has 0 aliphatic carbocycles. The minimum absolute atomic E-state index is 0.0957. The summed E-state index contributed by atoms with van der Waals surface area (Å²) in [5, 5.41) is 0.345. The van der Waals surface area contributed by atoms with E-state index in [1.54, 1.807) is 19.9 Å². The highest BCUT2D eigenvalue weighted by Gasteiger charge is 2.18. The van der Waals surface area contributed by atoms with Crippen molar-refractivity contribution in [1.82, 2.24) is 0 Å². The number of rotatable bonds is 3. The highest BCUT2D eigenvalue weighted by molar-refractivity contribution is 8.13. The van der Waals surface area contributed by atoms with Crippen molar-refractivity contribution >= 4 is 31.3 Å². The zero-order valence-electron chi connectivity index (χ0n) is 8.25. The Labute approximate surface area is 98.4 Å². The highest BCUT2D eigenvalue weighted by Crippen LogP contribution is 2.32. The third kappa shape index (κ3) is 3.00. The quantitative estimate of drug-likeness (QED) is 0.792. The molecule has 0 saturated carbocycles. The Morgan fingerprint density at radius 2 is 2.00 bits per heavy atom. The first-order valence-corrected chi connectivity index (χ1v) is 6.92. The van der Waals surface area contributed by atoms with E-state index in [1.165, 1.54) is 6.07 Å². The second-order valence-corrected chi connectivity index (χ2v) is 5.86. The second kappa shape index (κ2) is 4.60. The largest absolute Gasteiger partial charge is 0.492 e. The smallest absolute Gasteiger partial charge is 0.265 e. The lowest BCUT2D eigenvalue weighted by molar-refractivity contribution is 0.331. The van der Waals surface area contributed by atoms with Crippen LogP contribution in [0.3, 0.4) is 0 Å². The third-order valence-electron chi connectivity index (χ3n) is 1.79. The van der Waals surface area contributed by atoms with E-state index in [4.69, 9.17) is 27.0 Å². The zero-order valence-corrected chi connectivity index (χ0v) is 10.6. The molecule has 0 fully saturated rings. The fourth-order valence-electron chi connectivity index (χ4n) is 1.10. The second-order valence-electron chi connectivity index (χ2n) is 2.92. The predicted octanol–water partition coefficient (Wildman–Crippen LogP) is 2.97. The van der Waals surface area contributed by atoms with Gasteiger partial charge in [0.2, 0.25) is 0 Å². The van der Waals surface area contributed by atoms with E-state index in [0.717, 1.165) is 5.56 Å². The van der Waals surface area contributed by atoms with Gasteiger partial charge < -0.3 is 4.74 Å². The topological polar surface area (TPSA) is 43.4 Å². The van der Waals surface area contributed by atoms with Crippen LogP contribution < -0.4 is 4.74 Å². The molecule has 15 heavy (non-hydrogen) atoms. The molecule has 0 aliphatic heterocycles. The fourth-order valence-corrected chi connectivity index (χ4v) is 2.30. The SMILES string of the molecule is CCOc1cc(C)c(Cl)cc1S(=O)(=O)Cl. The number of benzene rings is 1. The van der Waals surface area contributed by atoms with Gasteiger partial charge in [-0.25, -0.2) is 8.42 Å². The number of hydrogen-bond donors (Lipinski definition) is 0. The van der Waals surface area contributed by atoms with Crippen molar-refractivity contribution in [2.24, 2.45) is 0 Å². The molecule has 0 aromatic heterocycles. The highest BCUT2D eigenvalue weighted by atomic mass is 35.7. The molecule has 0 bridgehead atoms. The Bertz CT molecular complexity index is 468. The molecule has 0 radical (unpaired) electrons. The molecule has 0 atom stereocenters. The maximum absolute atomic E-state index is 11.2. The molecule has 6 heteroatoms. The molecule has 1 aromatic rings. The molecule has 1 rings (SSSR count). The van der Waals surface area contributed by atoms with Crippen LogP contribution >= 0.6 is 22.3 Å². The van der Waals surface area contributed by atoms with Crippen LogP contribution in [0.2, 0.25) is 5.02 Å². The molecule has 0 aliphatic rings. The van der Waals surface area contributed by atoms with Gasteiger partial charge in [0.15, 0.2) is 0 Å². The Morgan fingerprint density at radius 1 is 1.40 bits per heavy atom. The summed E-state index contributed by atoms with van der Waals surface area (Å²) < 4.78 is 27.6. The summed E-state index contributed by atoms with van der Waals surface area (Å²) >= 11 is 5.81. The van der Waals surface area contributed by atoms with Crippen molar-refractivity contribution in [3.63, 3.8) is 0 Å². The standard InChI is InChI=1S/C9H10Cl2O3S/c1-3-14-8-4-6(2)7(10)5-9(8)15(11,12)13/h4-5H,3H2,1-2H3. The summed E-state index contributed by atoms with van der Waals surface area (Å²) in [6, 6.07) is 2.85. The Kier molecular flexibility index (Phi) is 3.87. The van der Waals surface area contributed by atoms with E-state index < -0.39 is 9.05 Å². The maximum atomic E-state index is 11.2. The summed E-state index contributed by atoms with van der Waals surface area (Å²) in [7, 11) is 1.43. The lowest BCUT2D eigenvalue weighted by Crippen LogP contribution is -2.00. The molecule has 0 unspecified atom stereocenters. The van der Waals surface area contributed by atoms with Crippen molar-refractivity contribution in [2.45, 2.75) is 18.7 Å². The van der Waals surface area contributed by atoms with Crippen molar-refractivity contribution in [3.8, 4) is 5.75 Å². The normalized spacial score (nSPS) is 11.5. The molecule has 0 N–H and O–H groups in total. The number of hydrogen-bond acceptors (Lipinski definition) is 3. The molecular formula is C9H10Cl2O3S. The van der Waals surface area contributed by atoms with Gasteiger partial charge >= 0.3 is 0 Å². The first kappa shape index (κ1) is 12.6. The summed E-state index contributed by atoms with van der Waals surface area (Å²) in [6.45, 7) is 3.88. The van der Waals surface area contributed by atoms with Gasteiger partial charge in [-0.3, -0.25) is 0 Å². The molecule has 0 heterocycles. The predicted molar refractivity (Wildman–Crippen MR) is 60.4 cm³/mol. The van der Waals surface area contributed by atoms with Gasteiger partial charge in [-0.2, -0.15) is 0 Å². The Hall–Kier alpha value is -0.450. The number of halogens is 2. The van der Waals surface area contributed by atoms with Gasteiger partial charge in [0.1, 0.15) is 10.6 Å². The Balaban J connectivity index is 3.42. The van der Waals surface area contributed by atoms with Crippen LogP contribution in [-0.4, -0.2) is 15.0 Å². The van der Waals surface area contributed by atoms with Gasteiger partial charge in [0, 0.05) is 15.7 Å². The molecule has 3 nitrogen and oxygen atoms in total. The number of aryl methyl sites for hydroxylation is 1. The fraction of sp³-hybridized carbons (Fsp3) is 0.333. The van der Waals surface area contributed by atoms with Crippen molar-refractivity contribution < 1.29 is 13.2 Å². The van der Waals surface area contributed by atoms with Gasteiger partial charge in [-0.05, 0) is 31.5 Å². The molecule has 84 valence electrons. The average molecular weight is 269 g/mol. The van der Waals surface area contributed by atoms with Gasteiger partial charge in [0.05, 0.1) is 6.61 Å². The maximum Gasteiger partial charge on any atom is 0.265 e. The van der Waals surface area contributed by atoms with Crippen LogP contribution in [-0.2, 0) is 9.05 Å². The minimum atomic E-state index is -3.83. The van der Waals surface area contributed by atoms with Crippen LogP contribution in [0, 0.1) is 6.92 Å². The molecule has 0 amide bonds. The summed E-state index contributed by atoms with van der Waals surface area (Å²) in [4.78, 5) is -0.0957. The van der Waals surface area contributed by atoms with Gasteiger partial charge in [0.25, 0.3) is 9.05 Å². The van der Waals surface area contributed by atoms with Crippen LogP contribution in [0.25, 0.3) is 0 Å². The van der Waals surface area contributed by atoms with Crippen LogP contribution in [0.15, 0.2) is 17.0 Å². The molecule has 0 saturated heterocycles.